The Balaban J connectivity index is 2.34. The number of amides is 1. The summed E-state index contributed by atoms with van der Waals surface area (Å²) in [5.74, 6) is 0.0336. The molecule has 1 aliphatic heterocycles. The number of likely N-dealkylation sites (N-methyl/N-ethyl adjacent to an activating group) is 1. The molecule has 2 atom stereocenters. The van der Waals surface area contributed by atoms with Gasteiger partial charge in [-0.05, 0) is 19.3 Å². The van der Waals surface area contributed by atoms with Gasteiger partial charge in [0.05, 0.1) is 6.61 Å². The molecule has 5 heteroatoms. The minimum Gasteiger partial charge on any atom is -0.383 e. The standard InChI is InChI=1S/C11H22N2O3/c1-13(7-9(12)8-15-2)11(14)10-5-3-4-6-16-10/h9-10H,3-8,12H2,1-2H3. The molecule has 94 valence electrons. The second-order valence-electron chi connectivity index (χ2n) is 4.29. The number of carbonyl (C=O) groups excluding carboxylic acids is 1. The fraction of sp³-hybridized carbons (Fsp3) is 0.909. The van der Waals surface area contributed by atoms with Gasteiger partial charge in [0, 0.05) is 33.4 Å². The Morgan fingerprint density at radius 3 is 2.94 bits per heavy atom. The Labute approximate surface area is 96.9 Å². The molecule has 1 heterocycles. The highest BCUT2D eigenvalue weighted by Crippen LogP contribution is 2.14. The second kappa shape index (κ2) is 6.83. The van der Waals surface area contributed by atoms with Gasteiger partial charge < -0.3 is 20.1 Å². The summed E-state index contributed by atoms with van der Waals surface area (Å²) in [5.41, 5.74) is 5.79. The third kappa shape index (κ3) is 4.08. The lowest BCUT2D eigenvalue weighted by Crippen LogP contribution is -2.46. The van der Waals surface area contributed by atoms with Gasteiger partial charge in [-0.1, -0.05) is 0 Å². The maximum absolute atomic E-state index is 11.9. The van der Waals surface area contributed by atoms with Crippen molar-refractivity contribution in [2.24, 2.45) is 5.73 Å². The van der Waals surface area contributed by atoms with Crippen LogP contribution in [0.15, 0.2) is 0 Å². The van der Waals surface area contributed by atoms with E-state index in [1.165, 1.54) is 0 Å². The van der Waals surface area contributed by atoms with E-state index in [2.05, 4.69) is 0 Å². The molecule has 1 fully saturated rings. The molecule has 0 aromatic carbocycles. The minimum atomic E-state index is -0.270. The number of hydrogen-bond donors (Lipinski definition) is 1. The Hall–Kier alpha value is -0.650. The van der Waals surface area contributed by atoms with Crippen LogP contribution in [0.2, 0.25) is 0 Å². The molecule has 0 aromatic rings. The van der Waals surface area contributed by atoms with Crippen molar-refractivity contribution in [3.8, 4) is 0 Å². The lowest BCUT2D eigenvalue weighted by Gasteiger charge is -2.28. The first-order valence-corrected chi connectivity index (χ1v) is 5.76. The lowest BCUT2D eigenvalue weighted by atomic mass is 10.1. The Morgan fingerprint density at radius 2 is 2.38 bits per heavy atom. The van der Waals surface area contributed by atoms with E-state index in [1.807, 2.05) is 0 Å². The van der Waals surface area contributed by atoms with Crippen LogP contribution in [0.1, 0.15) is 19.3 Å². The maximum atomic E-state index is 11.9. The van der Waals surface area contributed by atoms with E-state index in [0.717, 1.165) is 19.3 Å². The molecule has 16 heavy (non-hydrogen) atoms. The van der Waals surface area contributed by atoms with Crippen LogP contribution in [0.5, 0.6) is 0 Å². The average molecular weight is 230 g/mol. The summed E-state index contributed by atoms with van der Waals surface area (Å²) in [4.78, 5) is 13.6. The molecule has 5 nitrogen and oxygen atoms in total. The summed E-state index contributed by atoms with van der Waals surface area (Å²) in [6.45, 7) is 1.66. The highest BCUT2D eigenvalue weighted by Gasteiger charge is 2.25. The van der Waals surface area contributed by atoms with Crippen LogP contribution in [-0.4, -0.2) is 56.9 Å². The molecular weight excluding hydrogens is 208 g/mol. The molecule has 1 aliphatic rings. The first-order valence-electron chi connectivity index (χ1n) is 5.76. The van der Waals surface area contributed by atoms with Gasteiger partial charge in [0.2, 0.25) is 0 Å². The molecule has 2 N–H and O–H groups in total. The van der Waals surface area contributed by atoms with Crippen molar-refractivity contribution >= 4 is 5.91 Å². The number of nitrogens with two attached hydrogens (primary N) is 1. The molecular formula is C11H22N2O3. The summed E-state index contributed by atoms with van der Waals surface area (Å²) < 4.78 is 10.4. The van der Waals surface area contributed by atoms with Crippen LogP contribution in [0.4, 0.5) is 0 Å². The smallest absolute Gasteiger partial charge is 0.251 e. The number of carbonyl (C=O) groups is 1. The number of rotatable bonds is 5. The fourth-order valence-electron chi connectivity index (χ4n) is 1.89. The van der Waals surface area contributed by atoms with Crippen molar-refractivity contribution < 1.29 is 14.3 Å². The topological polar surface area (TPSA) is 64.8 Å². The van der Waals surface area contributed by atoms with Crippen LogP contribution in [0.3, 0.4) is 0 Å². The zero-order valence-corrected chi connectivity index (χ0v) is 10.1. The first kappa shape index (κ1) is 13.4. The number of ether oxygens (including phenoxy) is 2. The SMILES string of the molecule is COCC(N)CN(C)C(=O)C1CCCCO1. The quantitative estimate of drug-likeness (QED) is 0.721. The van der Waals surface area contributed by atoms with E-state index in [9.17, 15) is 4.79 Å². The predicted octanol–water partition coefficient (Wildman–Crippen LogP) is -0.0124. The predicted molar refractivity (Wildman–Crippen MR) is 61.1 cm³/mol. The van der Waals surface area contributed by atoms with Crippen molar-refractivity contribution in [1.82, 2.24) is 4.90 Å². The van der Waals surface area contributed by atoms with E-state index < -0.39 is 0 Å². The zero-order chi connectivity index (χ0) is 12.0. The Kier molecular flexibility index (Phi) is 5.73. The molecule has 2 unspecified atom stereocenters. The van der Waals surface area contributed by atoms with E-state index in [1.54, 1.807) is 19.1 Å². The minimum absolute atomic E-state index is 0.0336. The van der Waals surface area contributed by atoms with Gasteiger partial charge in [-0.25, -0.2) is 0 Å². The third-order valence-electron chi connectivity index (χ3n) is 2.72. The van der Waals surface area contributed by atoms with Crippen LogP contribution in [0, 0.1) is 0 Å². The normalized spacial score (nSPS) is 22.8. The molecule has 0 radical (unpaired) electrons. The van der Waals surface area contributed by atoms with Gasteiger partial charge in [0.15, 0.2) is 0 Å². The van der Waals surface area contributed by atoms with Gasteiger partial charge in [-0.15, -0.1) is 0 Å². The molecule has 1 amide bonds. The van der Waals surface area contributed by atoms with Crippen molar-refractivity contribution in [2.75, 3.05) is 33.9 Å². The highest BCUT2D eigenvalue weighted by molar-refractivity contribution is 5.80. The van der Waals surface area contributed by atoms with Crippen molar-refractivity contribution in [3.63, 3.8) is 0 Å². The first-order chi connectivity index (χ1) is 7.65. The largest absolute Gasteiger partial charge is 0.383 e. The summed E-state index contributed by atoms with van der Waals surface area (Å²) in [6, 6.07) is -0.137. The average Bonchev–Trinajstić information content (AvgIpc) is 2.29. The zero-order valence-electron chi connectivity index (χ0n) is 10.1. The van der Waals surface area contributed by atoms with E-state index in [-0.39, 0.29) is 18.1 Å². The van der Waals surface area contributed by atoms with E-state index in [0.29, 0.717) is 19.8 Å². The maximum Gasteiger partial charge on any atom is 0.251 e. The van der Waals surface area contributed by atoms with Crippen LogP contribution in [-0.2, 0) is 14.3 Å². The third-order valence-corrected chi connectivity index (χ3v) is 2.72. The molecule has 0 aromatic heterocycles. The summed E-state index contributed by atoms with van der Waals surface area (Å²) in [6.07, 6.45) is 2.67. The fourth-order valence-corrected chi connectivity index (χ4v) is 1.89. The van der Waals surface area contributed by atoms with Gasteiger partial charge in [0.25, 0.3) is 5.91 Å². The molecule has 0 saturated carbocycles. The molecule has 0 bridgehead atoms. The van der Waals surface area contributed by atoms with E-state index >= 15 is 0 Å². The summed E-state index contributed by atoms with van der Waals surface area (Å²) in [5, 5.41) is 0. The number of hydrogen-bond acceptors (Lipinski definition) is 4. The van der Waals surface area contributed by atoms with Crippen molar-refractivity contribution in [3.05, 3.63) is 0 Å². The van der Waals surface area contributed by atoms with Gasteiger partial charge in [0.1, 0.15) is 6.10 Å². The van der Waals surface area contributed by atoms with E-state index in [4.69, 9.17) is 15.2 Å². The Bertz CT molecular complexity index is 217. The van der Waals surface area contributed by atoms with Crippen LogP contribution < -0.4 is 5.73 Å². The molecule has 0 spiro atoms. The molecule has 1 rings (SSSR count). The molecule has 1 saturated heterocycles. The summed E-state index contributed by atoms with van der Waals surface area (Å²) in [7, 11) is 3.36. The lowest BCUT2D eigenvalue weighted by molar-refractivity contribution is -0.145. The van der Waals surface area contributed by atoms with Gasteiger partial charge in [-0.2, -0.15) is 0 Å². The highest BCUT2D eigenvalue weighted by atomic mass is 16.5. The van der Waals surface area contributed by atoms with Crippen molar-refractivity contribution in [1.29, 1.82) is 0 Å². The number of methoxy groups -OCH3 is 1. The summed E-state index contributed by atoms with van der Waals surface area (Å²) >= 11 is 0. The van der Waals surface area contributed by atoms with Gasteiger partial charge >= 0.3 is 0 Å². The van der Waals surface area contributed by atoms with Crippen molar-refractivity contribution in [2.45, 2.75) is 31.4 Å². The monoisotopic (exact) mass is 230 g/mol. The molecule has 0 aliphatic carbocycles. The van der Waals surface area contributed by atoms with Gasteiger partial charge in [-0.3, -0.25) is 4.79 Å². The Morgan fingerprint density at radius 1 is 1.62 bits per heavy atom. The number of nitrogens with zero attached hydrogens (tertiary/aromatic N) is 1. The van der Waals surface area contributed by atoms with Crippen LogP contribution in [0.25, 0.3) is 0 Å². The van der Waals surface area contributed by atoms with Crippen LogP contribution >= 0.6 is 0 Å². The second-order valence-corrected chi connectivity index (χ2v) is 4.29.